The number of aromatic nitrogens is 4. The summed E-state index contributed by atoms with van der Waals surface area (Å²) in [4.78, 5) is 16.9. The van der Waals surface area contributed by atoms with Gasteiger partial charge >= 0.3 is 0 Å². The number of amides is 1. The van der Waals surface area contributed by atoms with E-state index in [1.165, 1.54) is 0 Å². The Morgan fingerprint density at radius 2 is 2.12 bits per heavy atom. The van der Waals surface area contributed by atoms with Crippen LogP contribution in [0.1, 0.15) is 41.0 Å². The highest BCUT2D eigenvalue weighted by atomic mass is 16.3. The van der Waals surface area contributed by atoms with Gasteiger partial charge in [0.15, 0.2) is 17.2 Å². The number of anilines is 1. The first-order chi connectivity index (χ1) is 12.1. The number of oxazole rings is 1. The summed E-state index contributed by atoms with van der Waals surface area (Å²) in [5.41, 5.74) is 3.22. The summed E-state index contributed by atoms with van der Waals surface area (Å²) in [6.07, 6.45) is 1.99. The van der Waals surface area contributed by atoms with Gasteiger partial charge in [-0.05, 0) is 51.1 Å². The van der Waals surface area contributed by atoms with Crippen LogP contribution in [0.5, 0.6) is 0 Å². The molecule has 3 aromatic rings. The second-order valence-electron chi connectivity index (χ2n) is 6.32. The number of fused-ring (bicyclic) bond motifs is 1. The lowest BCUT2D eigenvalue weighted by atomic mass is 10.1. The Labute approximate surface area is 144 Å². The highest BCUT2D eigenvalue weighted by Gasteiger charge is 2.23. The first-order valence-corrected chi connectivity index (χ1v) is 8.43. The van der Waals surface area contributed by atoms with Gasteiger partial charge in [0.1, 0.15) is 5.52 Å². The molecule has 1 aromatic carbocycles. The molecule has 3 heterocycles. The van der Waals surface area contributed by atoms with Crippen LogP contribution >= 0.6 is 0 Å². The zero-order chi connectivity index (χ0) is 17.4. The van der Waals surface area contributed by atoms with E-state index in [0.29, 0.717) is 34.4 Å². The highest BCUT2D eigenvalue weighted by Crippen LogP contribution is 2.22. The fourth-order valence-corrected chi connectivity index (χ4v) is 3.26. The lowest BCUT2D eigenvalue weighted by Gasteiger charge is -2.23. The quantitative estimate of drug-likeness (QED) is 0.758. The molecule has 2 aromatic heterocycles. The minimum absolute atomic E-state index is 0.266. The van der Waals surface area contributed by atoms with Crippen LogP contribution in [0.4, 0.5) is 5.69 Å². The third-order valence-corrected chi connectivity index (χ3v) is 4.55. The van der Waals surface area contributed by atoms with Crippen molar-refractivity contribution >= 4 is 22.7 Å². The number of nitrogens with zero attached hydrogens (tertiary/aromatic N) is 4. The van der Waals surface area contributed by atoms with Crippen LogP contribution < -0.4 is 10.6 Å². The van der Waals surface area contributed by atoms with E-state index in [-0.39, 0.29) is 5.91 Å². The molecule has 8 heteroatoms. The maximum atomic E-state index is 12.6. The molecule has 1 amide bonds. The molecule has 0 aliphatic carbocycles. The Hall–Kier alpha value is -2.74. The van der Waals surface area contributed by atoms with Crippen molar-refractivity contribution in [3.8, 4) is 0 Å². The van der Waals surface area contributed by atoms with Crippen molar-refractivity contribution in [3.63, 3.8) is 0 Å². The molecule has 0 spiro atoms. The molecule has 0 atom stereocenters. The van der Waals surface area contributed by atoms with Gasteiger partial charge in [-0.15, -0.1) is 5.10 Å². The SMILES string of the molecule is Cc1nc2cc(NC(=O)c3nnn(C4CCNCC4)c3C)ccc2o1. The lowest BCUT2D eigenvalue weighted by molar-refractivity contribution is 0.102. The standard InChI is InChI=1S/C17H20N6O2/c1-10-16(21-22-23(10)13-5-7-18-8-6-13)17(24)20-12-3-4-15-14(9-12)19-11(2)25-15/h3-4,9,13,18H,5-8H2,1-2H3,(H,20,24). The second-order valence-corrected chi connectivity index (χ2v) is 6.32. The van der Waals surface area contributed by atoms with E-state index < -0.39 is 0 Å². The molecular weight excluding hydrogens is 320 g/mol. The maximum absolute atomic E-state index is 12.6. The average molecular weight is 340 g/mol. The second kappa shape index (κ2) is 6.29. The minimum atomic E-state index is -0.266. The molecule has 130 valence electrons. The summed E-state index contributed by atoms with van der Waals surface area (Å²) in [5.74, 6) is 0.330. The van der Waals surface area contributed by atoms with E-state index in [1.54, 1.807) is 25.1 Å². The van der Waals surface area contributed by atoms with Gasteiger partial charge in [-0.25, -0.2) is 9.67 Å². The van der Waals surface area contributed by atoms with Gasteiger partial charge < -0.3 is 15.1 Å². The first-order valence-electron chi connectivity index (χ1n) is 8.43. The number of aryl methyl sites for hydroxylation is 1. The monoisotopic (exact) mass is 340 g/mol. The van der Waals surface area contributed by atoms with E-state index in [1.807, 2.05) is 11.6 Å². The number of nitrogens with one attached hydrogen (secondary N) is 2. The highest BCUT2D eigenvalue weighted by molar-refractivity contribution is 6.04. The van der Waals surface area contributed by atoms with Gasteiger partial charge in [-0.3, -0.25) is 4.79 Å². The molecule has 1 fully saturated rings. The predicted molar refractivity (Wildman–Crippen MR) is 92.6 cm³/mol. The Balaban J connectivity index is 1.54. The lowest BCUT2D eigenvalue weighted by Crippen LogP contribution is -2.30. The molecule has 0 unspecified atom stereocenters. The van der Waals surface area contributed by atoms with E-state index >= 15 is 0 Å². The summed E-state index contributed by atoms with van der Waals surface area (Å²) in [5, 5.41) is 14.5. The van der Waals surface area contributed by atoms with Crippen molar-refractivity contribution in [3.05, 3.63) is 35.5 Å². The number of benzene rings is 1. The smallest absolute Gasteiger partial charge is 0.278 e. The van der Waals surface area contributed by atoms with Crippen LogP contribution in [0.15, 0.2) is 22.6 Å². The molecule has 2 N–H and O–H groups in total. The van der Waals surface area contributed by atoms with Gasteiger partial charge in [0.25, 0.3) is 5.91 Å². The van der Waals surface area contributed by atoms with Crippen molar-refractivity contribution < 1.29 is 9.21 Å². The predicted octanol–water partition coefficient (Wildman–Crippen LogP) is 2.21. The Morgan fingerprint density at radius 3 is 2.92 bits per heavy atom. The number of piperidine rings is 1. The molecule has 0 radical (unpaired) electrons. The summed E-state index contributed by atoms with van der Waals surface area (Å²) in [6.45, 7) is 5.60. The zero-order valence-corrected chi connectivity index (χ0v) is 14.2. The van der Waals surface area contributed by atoms with Crippen LogP contribution in [0.3, 0.4) is 0 Å². The zero-order valence-electron chi connectivity index (χ0n) is 14.2. The van der Waals surface area contributed by atoms with Crippen molar-refractivity contribution in [1.29, 1.82) is 0 Å². The van der Waals surface area contributed by atoms with Crippen LogP contribution in [0, 0.1) is 13.8 Å². The summed E-state index contributed by atoms with van der Waals surface area (Å²) >= 11 is 0. The third-order valence-electron chi connectivity index (χ3n) is 4.55. The van der Waals surface area contributed by atoms with Gasteiger partial charge in [0.05, 0.1) is 11.7 Å². The first kappa shape index (κ1) is 15.8. The number of rotatable bonds is 3. The third kappa shape index (κ3) is 3.00. The largest absolute Gasteiger partial charge is 0.441 e. The fourth-order valence-electron chi connectivity index (χ4n) is 3.26. The van der Waals surface area contributed by atoms with Gasteiger partial charge in [-0.2, -0.15) is 0 Å². The molecule has 0 bridgehead atoms. The molecular formula is C17H20N6O2. The molecule has 25 heavy (non-hydrogen) atoms. The van der Waals surface area contributed by atoms with Crippen LogP contribution in [-0.4, -0.2) is 39.0 Å². The Kier molecular flexibility index (Phi) is 3.96. The molecule has 1 saturated heterocycles. The van der Waals surface area contributed by atoms with Crippen molar-refractivity contribution in [2.75, 3.05) is 18.4 Å². The Bertz CT molecular complexity index is 923. The van der Waals surface area contributed by atoms with Crippen molar-refractivity contribution in [2.24, 2.45) is 0 Å². The van der Waals surface area contributed by atoms with E-state index in [9.17, 15) is 4.79 Å². The molecule has 8 nitrogen and oxygen atoms in total. The van der Waals surface area contributed by atoms with E-state index in [0.717, 1.165) is 31.6 Å². The summed E-state index contributed by atoms with van der Waals surface area (Å²) < 4.78 is 7.32. The molecule has 1 aliphatic heterocycles. The van der Waals surface area contributed by atoms with Crippen LogP contribution in [-0.2, 0) is 0 Å². The number of hydrogen-bond acceptors (Lipinski definition) is 6. The number of carbonyl (C=O) groups is 1. The van der Waals surface area contributed by atoms with Crippen molar-refractivity contribution in [1.82, 2.24) is 25.3 Å². The summed E-state index contributed by atoms with van der Waals surface area (Å²) in [6, 6.07) is 5.67. The fraction of sp³-hybridized carbons (Fsp3) is 0.412. The number of carbonyl (C=O) groups excluding carboxylic acids is 1. The minimum Gasteiger partial charge on any atom is -0.441 e. The van der Waals surface area contributed by atoms with Crippen LogP contribution in [0.25, 0.3) is 11.1 Å². The van der Waals surface area contributed by atoms with Crippen LogP contribution in [0.2, 0.25) is 0 Å². The van der Waals surface area contributed by atoms with Gasteiger partial charge in [0.2, 0.25) is 0 Å². The number of hydrogen-bond donors (Lipinski definition) is 2. The molecule has 1 aliphatic rings. The average Bonchev–Trinajstić information content (AvgIpc) is 3.17. The van der Waals surface area contributed by atoms with Gasteiger partial charge in [-0.1, -0.05) is 5.21 Å². The summed E-state index contributed by atoms with van der Waals surface area (Å²) in [7, 11) is 0. The van der Waals surface area contributed by atoms with E-state index in [2.05, 4.69) is 25.9 Å². The van der Waals surface area contributed by atoms with E-state index in [4.69, 9.17) is 4.42 Å². The normalized spacial score (nSPS) is 15.6. The molecule has 0 saturated carbocycles. The van der Waals surface area contributed by atoms with Crippen molar-refractivity contribution in [2.45, 2.75) is 32.7 Å². The Morgan fingerprint density at radius 1 is 1.32 bits per heavy atom. The maximum Gasteiger partial charge on any atom is 0.278 e. The topological polar surface area (TPSA) is 97.9 Å². The van der Waals surface area contributed by atoms with Gasteiger partial charge in [0, 0.05) is 12.6 Å². The molecule has 4 rings (SSSR count).